The summed E-state index contributed by atoms with van der Waals surface area (Å²) in [6, 6.07) is 10.4. The van der Waals surface area contributed by atoms with Crippen LogP contribution in [0.25, 0.3) is 0 Å². The van der Waals surface area contributed by atoms with Gasteiger partial charge in [-0.05, 0) is 44.4 Å². The van der Waals surface area contributed by atoms with E-state index in [9.17, 15) is 4.39 Å². The third kappa shape index (κ3) is 7.52. The van der Waals surface area contributed by atoms with Crippen molar-refractivity contribution in [3.63, 3.8) is 0 Å². The van der Waals surface area contributed by atoms with Crippen LogP contribution in [0.1, 0.15) is 59.1 Å². The molecule has 0 saturated carbocycles. The summed E-state index contributed by atoms with van der Waals surface area (Å²) in [7, 11) is 0. The van der Waals surface area contributed by atoms with E-state index in [1.165, 1.54) is 6.07 Å². The van der Waals surface area contributed by atoms with E-state index in [1.54, 1.807) is 18.2 Å². The molecule has 0 spiro atoms. The lowest BCUT2D eigenvalue weighted by atomic mass is 9.82. The lowest BCUT2D eigenvalue weighted by Crippen LogP contribution is -2.94. The molecule has 0 bridgehead atoms. The Balaban J connectivity index is 2.15. The molecular weight excluding hydrogens is 389 g/mol. The molecule has 0 aliphatic heterocycles. The van der Waals surface area contributed by atoms with Gasteiger partial charge in [-0.15, -0.1) is 0 Å². The van der Waals surface area contributed by atoms with Crippen molar-refractivity contribution in [2.75, 3.05) is 6.61 Å². The number of hydrogen-bond donors (Lipinski definition) is 1. The maximum Gasteiger partial charge on any atom is 0.180 e. The molecule has 160 valence electrons. The highest BCUT2D eigenvalue weighted by molar-refractivity contribution is 6.32. The summed E-state index contributed by atoms with van der Waals surface area (Å²) in [5.74, 6) is 0.747. The quantitative estimate of drug-likeness (QED) is 0.559. The monoisotopic (exact) mass is 422 g/mol. The van der Waals surface area contributed by atoms with Gasteiger partial charge in [-0.25, -0.2) is 4.39 Å². The molecule has 0 amide bonds. The zero-order chi connectivity index (χ0) is 21.7. The Labute approximate surface area is 179 Å². The van der Waals surface area contributed by atoms with Gasteiger partial charge in [-0.1, -0.05) is 50.6 Å². The molecule has 29 heavy (non-hydrogen) atoms. The minimum absolute atomic E-state index is 0.0938. The van der Waals surface area contributed by atoms with E-state index < -0.39 is 0 Å². The second-order valence-corrected chi connectivity index (χ2v) is 9.76. The molecule has 2 rings (SSSR count). The van der Waals surface area contributed by atoms with Crippen molar-refractivity contribution >= 4 is 11.6 Å². The van der Waals surface area contributed by atoms with Crippen molar-refractivity contribution in [2.45, 2.75) is 66.7 Å². The molecule has 3 nitrogen and oxygen atoms in total. The summed E-state index contributed by atoms with van der Waals surface area (Å²) in [5.41, 5.74) is 1.92. The van der Waals surface area contributed by atoms with Gasteiger partial charge in [0.2, 0.25) is 0 Å². The van der Waals surface area contributed by atoms with Crippen LogP contribution in [-0.4, -0.2) is 12.1 Å². The highest BCUT2D eigenvalue weighted by Crippen LogP contribution is 2.37. The Bertz CT molecular complexity index is 815. The third-order valence-corrected chi connectivity index (χ3v) is 4.86. The molecule has 0 heterocycles. The predicted molar refractivity (Wildman–Crippen MR) is 117 cm³/mol. The van der Waals surface area contributed by atoms with Gasteiger partial charge in [0, 0.05) is 17.5 Å². The molecule has 2 aromatic carbocycles. The smallest absolute Gasteiger partial charge is 0.180 e. The molecule has 0 aliphatic rings. The maximum absolute atomic E-state index is 13.9. The number of quaternary nitrogens is 1. The van der Waals surface area contributed by atoms with Crippen molar-refractivity contribution < 1.29 is 19.2 Å². The Morgan fingerprint density at radius 1 is 1.03 bits per heavy atom. The summed E-state index contributed by atoms with van der Waals surface area (Å²) in [6.07, 6.45) is 1.09. The summed E-state index contributed by atoms with van der Waals surface area (Å²) in [5, 5.41) is 2.81. The van der Waals surface area contributed by atoms with Crippen molar-refractivity contribution in [3.8, 4) is 11.5 Å². The predicted octanol–water partition coefficient (Wildman–Crippen LogP) is 5.74. The van der Waals surface area contributed by atoms with Gasteiger partial charge >= 0.3 is 0 Å². The van der Waals surface area contributed by atoms with E-state index in [4.69, 9.17) is 21.1 Å². The zero-order valence-electron chi connectivity index (χ0n) is 18.4. The van der Waals surface area contributed by atoms with Crippen LogP contribution in [0.3, 0.4) is 0 Å². The lowest BCUT2D eigenvalue weighted by molar-refractivity contribution is -0.737. The van der Waals surface area contributed by atoms with Crippen LogP contribution in [0, 0.1) is 11.2 Å². The van der Waals surface area contributed by atoms with Crippen LogP contribution in [0.4, 0.5) is 4.39 Å². The topological polar surface area (TPSA) is 35.1 Å². The van der Waals surface area contributed by atoms with Gasteiger partial charge in [-0.2, -0.15) is 0 Å². The third-order valence-electron chi connectivity index (χ3n) is 4.58. The second-order valence-electron chi connectivity index (χ2n) is 9.35. The highest BCUT2D eigenvalue weighted by Gasteiger charge is 2.28. The van der Waals surface area contributed by atoms with Crippen molar-refractivity contribution in [1.29, 1.82) is 0 Å². The number of ether oxygens (including phenoxy) is 2. The van der Waals surface area contributed by atoms with E-state index in [0.29, 0.717) is 28.7 Å². The molecule has 2 N–H and O–H groups in total. The van der Waals surface area contributed by atoms with E-state index in [0.717, 1.165) is 18.5 Å². The SMILES string of the molecule is CCOc1cc(C[NH2+]C(C)(C)CC(C)(C)C)cc(Cl)c1OCc1ccccc1F. The standard InChI is InChI=1S/C24H33ClFNO2/c1-7-28-21-13-17(14-27-24(5,6)16-23(2,3)4)12-19(25)22(21)29-15-18-10-8-9-11-20(18)26/h8-13,27H,7,14-16H2,1-6H3/p+1. The normalized spacial score (nSPS) is 12.1. The Kier molecular flexibility index (Phi) is 7.95. The Hall–Kier alpha value is -1.78. The molecule has 0 fully saturated rings. The van der Waals surface area contributed by atoms with E-state index in [2.05, 4.69) is 39.9 Å². The van der Waals surface area contributed by atoms with Crippen LogP contribution in [0.5, 0.6) is 11.5 Å². The summed E-state index contributed by atoms with van der Waals surface area (Å²) in [4.78, 5) is 0. The fourth-order valence-corrected chi connectivity index (χ4v) is 4.03. The minimum atomic E-state index is -0.297. The van der Waals surface area contributed by atoms with Crippen molar-refractivity contribution in [1.82, 2.24) is 0 Å². The van der Waals surface area contributed by atoms with Gasteiger partial charge in [0.05, 0.1) is 17.2 Å². The molecule has 5 heteroatoms. The molecule has 2 aromatic rings. The number of nitrogens with two attached hydrogens (primary N) is 1. The van der Waals surface area contributed by atoms with Gasteiger partial charge in [0.15, 0.2) is 11.5 Å². The molecule has 0 aromatic heterocycles. The maximum atomic E-state index is 13.9. The number of rotatable bonds is 9. The Morgan fingerprint density at radius 3 is 2.34 bits per heavy atom. The number of halogens is 2. The fraction of sp³-hybridized carbons (Fsp3) is 0.500. The van der Waals surface area contributed by atoms with Crippen molar-refractivity contribution in [3.05, 3.63) is 58.4 Å². The van der Waals surface area contributed by atoms with Crippen LogP contribution in [0.2, 0.25) is 5.02 Å². The van der Waals surface area contributed by atoms with Gasteiger partial charge in [0.25, 0.3) is 0 Å². The average Bonchev–Trinajstić information content (AvgIpc) is 2.59. The molecule has 0 saturated heterocycles. The summed E-state index contributed by atoms with van der Waals surface area (Å²) < 4.78 is 25.5. The zero-order valence-corrected chi connectivity index (χ0v) is 19.2. The largest absolute Gasteiger partial charge is 0.490 e. The second kappa shape index (κ2) is 9.82. The fourth-order valence-electron chi connectivity index (χ4n) is 3.74. The molecular formula is C24H34ClFNO2+. The summed E-state index contributed by atoms with van der Waals surface area (Å²) in [6.45, 7) is 14.6. The molecule has 0 aliphatic carbocycles. The van der Waals surface area contributed by atoms with Crippen LogP contribution >= 0.6 is 11.6 Å². The lowest BCUT2D eigenvalue weighted by Gasteiger charge is -2.30. The van der Waals surface area contributed by atoms with Crippen molar-refractivity contribution in [2.24, 2.45) is 5.41 Å². The first-order chi connectivity index (χ1) is 13.5. The molecule has 0 radical (unpaired) electrons. The highest BCUT2D eigenvalue weighted by atomic mass is 35.5. The molecule has 0 unspecified atom stereocenters. The minimum Gasteiger partial charge on any atom is -0.490 e. The molecule has 0 atom stereocenters. The van der Waals surface area contributed by atoms with E-state index >= 15 is 0 Å². The average molecular weight is 423 g/mol. The van der Waals surface area contributed by atoms with Gasteiger partial charge in [0.1, 0.15) is 19.0 Å². The van der Waals surface area contributed by atoms with E-state index in [1.807, 2.05) is 19.1 Å². The number of benzene rings is 2. The van der Waals surface area contributed by atoms with Gasteiger partial charge < -0.3 is 14.8 Å². The van der Waals surface area contributed by atoms with Crippen LogP contribution in [-0.2, 0) is 13.2 Å². The van der Waals surface area contributed by atoms with E-state index in [-0.39, 0.29) is 23.4 Å². The first-order valence-corrected chi connectivity index (χ1v) is 10.5. The first-order valence-electron chi connectivity index (χ1n) is 10.2. The summed E-state index contributed by atoms with van der Waals surface area (Å²) >= 11 is 6.52. The Morgan fingerprint density at radius 2 is 1.72 bits per heavy atom. The first kappa shape index (κ1) is 23.5. The number of hydrogen-bond acceptors (Lipinski definition) is 2. The van der Waals surface area contributed by atoms with Crippen LogP contribution in [0.15, 0.2) is 36.4 Å². The van der Waals surface area contributed by atoms with Gasteiger partial charge in [-0.3, -0.25) is 0 Å². The van der Waals surface area contributed by atoms with Crippen LogP contribution < -0.4 is 14.8 Å².